The fourth-order valence-corrected chi connectivity index (χ4v) is 1.82. The number of aryl methyl sites for hydroxylation is 1. The van der Waals surface area contributed by atoms with Crippen molar-refractivity contribution in [3.63, 3.8) is 0 Å². The second-order valence-corrected chi connectivity index (χ2v) is 4.45. The van der Waals surface area contributed by atoms with Gasteiger partial charge in [0.1, 0.15) is 5.82 Å². The third-order valence-corrected chi connectivity index (χ3v) is 3.00. The Hall–Kier alpha value is -2.07. The highest BCUT2D eigenvalue weighted by Crippen LogP contribution is 2.22. The fraction of sp³-hybridized carbons (Fsp3) is 0.267. The Kier molecular flexibility index (Phi) is 4.36. The van der Waals surface area contributed by atoms with Gasteiger partial charge in [0.15, 0.2) is 0 Å². The van der Waals surface area contributed by atoms with Gasteiger partial charge in [-0.05, 0) is 30.5 Å². The molecule has 3 N–H and O–H groups in total. The predicted octanol–water partition coefficient (Wildman–Crippen LogP) is 2.90. The Bertz CT molecular complexity index is 555. The van der Waals surface area contributed by atoms with Crippen molar-refractivity contribution in [1.82, 2.24) is 4.98 Å². The third-order valence-electron chi connectivity index (χ3n) is 3.00. The van der Waals surface area contributed by atoms with Crippen LogP contribution in [0.2, 0.25) is 0 Å². The first-order chi connectivity index (χ1) is 9.20. The lowest BCUT2D eigenvalue weighted by atomic mass is 10.1. The molecule has 0 atom stereocenters. The van der Waals surface area contributed by atoms with E-state index in [1.54, 1.807) is 13.3 Å². The molecule has 0 aliphatic carbocycles. The average Bonchev–Trinajstić information content (AvgIpc) is 2.42. The van der Waals surface area contributed by atoms with Gasteiger partial charge >= 0.3 is 0 Å². The minimum atomic E-state index is 0.697. The van der Waals surface area contributed by atoms with Crippen LogP contribution in [0.15, 0.2) is 36.5 Å². The molecule has 0 radical (unpaired) electrons. The molecule has 1 aromatic carbocycles. The highest BCUT2D eigenvalue weighted by Gasteiger charge is 2.04. The Morgan fingerprint density at radius 1 is 1.32 bits per heavy atom. The van der Waals surface area contributed by atoms with Crippen LogP contribution >= 0.6 is 0 Å². The zero-order valence-corrected chi connectivity index (χ0v) is 11.3. The summed E-state index contributed by atoms with van der Waals surface area (Å²) < 4.78 is 5.12. The smallest absolute Gasteiger partial charge is 0.132 e. The van der Waals surface area contributed by atoms with Crippen LogP contribution in [0.4, 0.5) is 17.2 Å². The summed E-state index contributed by atoms with van der Waals surface area (Å²) in [6.07, 6.45) is 2.64. The van der Waals surface area contributed by atoms with Gasteiger partial charge in [-0.1, -0.05) is 18.2 Å². The summed E-state index contributed by atoms with van der Waals surface area (Å²) in [5, 5.41) is 3.30. The monoisotopic (exact) mass is 257 g/mol. The number of hydrogen-bond acceptors (Lipinski definition) is 4. The minimum Gasteiger partial charge on any atom is -0.398 e. The maximum atomic E-state index is 5.89. The van der Waals surface area contributed by atoms with Crippen LogP contribution in [0, 0.1) is 6.92 Å². The first kappa shape index (κ1) is 13.4. The number of para-hydroxylation sites is 1. The van der Waals surface area contributed by atoms with E-state index in [1.165, 1.54) is 5.56 Å². The Labute approximate surface area is 113 Å². The summed E-state index contributed by atoms with van der Waals surface area (Å²) in [6, 6.07) is 9.98. The number of benzene rings is 1. The molecular weight excluding hydrogens is 238 g/mol. The molecule has 0 saturated heterocycles. The molecular formula is C15H19N3O. The standard InChI is InChI=1S/C15H19N3O/c1-11-10-17-15(9-13(11)16)18-14-6-4-3-5-12(14)7-8-19-2/h3-6,9-10H,7-8H2,1-2H3,(H3,16,17,18). The number of nitrogen functional groups attached to an aromatic ring is 1. The second kappa shape index (κ2) is 6.20. The van der Waals surface area contributed by atoms with E-state index in [2.05, 4.69) is 16.4 Å². The summed E-state index contributed by atoms with van der Waals surface area (Å²) >= 11 is 0. The molecule has 0 unspecified atom stereocenters. The molecule has 0 amide bonds. The lowest BCUT2D eigenvalue weighted by Crippen LogP contribution is -2.02. The van der Waals surface area contributed by atoms with Gasteiger partial charge in [0.2, 0.25) is 0 Å². The highest BCUT2D eigenvalue weighted by molar-refractivity contribution is 5.64. The molecule has 2 rings (SSSR count). The molecule has 0 fully saturated rings. The van der Waals surface area contributed by atoms with Gasteiger partial charge in [-0.25, -0.2) is 4.98 Å². The van der Waals surface area contributed by atoms with E-state index < -0.39 is 0 Å². The normalized spacial score (nSPS) is 10.4. The molecule has 0 spiro atoms. The highest BCUT2D eigenvalue weighted by atomic mass is 16.5. The van der Waals surface area contributed by atoms with Gasteiger partial charge in [-0.3, -0.25) is 0 Å². The molecule has 1 aromatic heterocycles. The number of nitrogens with two attached hydrogens (primary N) is 1. The molecule has 2 aromatic rings. The van der Waals surface area contributed by atoms with Crippen molar-refractivity contribution in [3.8, 4) is 0 Å². The Morgan fingerprint density at radius 3 is 2.84 bits per heavy atom. The summed E-state index contributed by atoms with van der Waals surface area (Å²) in [5.74, 6) is 0.757. The van der Waals surface area contributed by atoms with Crippen LogP contribution in [-0.2, 0) is 11.2 Å². The first-order valence-electron chi connectivity index (χ1n) is 6.26. The van der Waals surface area contributed by atoms with Gasteiger partial charge < -0.3 is 15.8 Å². The second-order valence-electron chi connectivity index (χ2n) is 4.45. The SMILES string of the molecule is COCCc1ccccc1Nc1cc(N)c(C)cn1. The largest absolute Gasteiger partial charge is 0.398 e. The van der Waals surface area contributed by atoms with Gasteiger partial charge in [0.05, 0.1) is 6.61 Å². The number of aromatic nitrogens is 1. The lowest BCUT2D eigenvalue weighted by molar-refractivity contribution is 0.202. The van der Waals surface area contributed by atoms with Crippen molar-refractivity contribution >= 4 is 17.2 Å². The van der Waals surface area contributed by atoms with E-state index >= 15 is 0 Å². The number of nitrogens with one attached hydrogen (secondary N) is 1. The van der Waals surface area contributed by atoms with Crippen molar-refractivity contribution in [1.29, 1.82) is 0 Å². The van der Waals surface area contributed by atoms with E-state index in [0.29, 0.717) is 6.61 Å². The number of ether oxygens (including phenoxy) is 1. The minimum absolute atomic E-state index is 0.697. The van der Waals surface area contributed by atoms with Crippen LogP contribution in [-0.4, -0.2) is 18.7 Å². The fourth-order valence-electron chi connectivity index (χ4n) is 1.82. The number of pyridine rings is 1. The van der Waals surface area contributed by atoms with Crippen molar-refractivity contribution in [2.75, 3.05) is 24.8 Å². The number of anilines is 3. The Balaban J connectivity index is 2.20. The first-order valence-corrected chi connectivity index (χ1v) is 6.26. The molecule has 19 heavy (non-hydrogen) atoms. The van der Waals surface area contributed by atoms with Gasteiger partial charge in [-0.2, -0.15) is 0 Å². The number of hydrogen-bond donors (Lipinski definition) is 2. The lowest BCUT2D eigenvalue weighted by Gasteiger charge is -2.12. The van der Waals surface area contributed by atoms with E-state index in [9.17, 15) is 0 Å². The van der Waals surface area contributed by atoms with Gasteiger partial charge in [0.25, 0.3) is 0 Å². The Morgan fingerprint density at radius 2 is 2.11 bits per heavy atom. The van der Waals surface area contributed by atoms with Crippen LogP contribution < -0.4 is 11.1 Å². The molecule has 4 nitrogen and oxygen atoms in total. The summed E-state index contributed by atoms with van der Waals surface area (Å²) in [5.41, 5.74) is 9.86. The molecule has 100 valence electrons. The summed E-state index contributed by atoms with van der Waals surface area (Å²) in [4.78, 5) is 4.33. The predicted molar refractivity (Wildman–Crippen MR) is 78.7 cm³/mol. The van der Waals surface area contributed by atoms with E-state index in [1.807, 2.05) is 31.2 Å². The molecule has 0 bridgehead atoms. The maximum absolute atomic E-state index is 5.89. The van der Waals surface area contributed by atoms with E-state index in [-0.39, 0.29) is 0 Å². The molecule has 4 heteroatoms. The number of methoxy groups -OCH3 is 1. The zero-order valence-electron chi connectivity index (χ0n) is 11.3. The number of nitrogens with zero attached hydrogens (tertiary/aromatic N) is 1. The zero-order chi connectivity index (χ0) is 13.7. The topological polar surface area (TPSA) is 60.2 Å². The van der Waals surface area contributed by atoms with Crippen molar-refractivity contribution in [2.45, 2.75) is 13.3 Å². The quantitative estimate of drug-likeness (QED) is 0.864. The van der Waals surface area contributed by atoms with Crippen LogP contribution in [0.25, 0.3) is 0 Å². The van der Waals surface area contributed by atoms with Gasteiger partial charge in [0, 0.05) is 30.7 Å². The number of rotatable bonds is 5. The van der Waals surface area contributed by atoms with Crippen LogP contribution in [0.5, 0.6) is 0 Å². The van der Waals surface area contributed by atoms with Crippen LogP contribution in [0.1, 0.15) is 11.1 Å². The van der Waals surface area contributed by atoms with Crippen molar-refractivity contribution in [2.24, 2.45) is 0 Å². The maximum Gasteiger partial charge on any atom is 0.132 e. The summed E-state index contributed by atoms with van der Waals surface area (Å²) in [6.45, 7) is 2.64. The summed E-state index contributed by atoms with van der Waals surface area (Å²) in [7, 11) is 1.71. The molecule has 1 heterocycles. The third kappa shape index (κ3) is 3.45. The average molecular weight is 257 g/mol. The van der Waals surface area contributed by atoms with E-state index in [0.717, 1.165) is 29.2 Å². The molecule has 0 aliphatic heterocycles. The van der Waals surface area contributed by atoms with E-state index in [4.69, 9.17) is 10.5 Å². The molecule has 0 aliphatic rings. The van der Waals surface area contributed by atoms with Crippen LogP contribution in [0.3, 0.4) is 0 Å². The molecule has 0 saturated carbocycles. The van der Waals surface area contributed by atoms with Crippen molar-refractivity contribution < 1.29 is 4.74 Å². The van der Waals surface area contributed by atoms with Gasteiger partial charge in [-0.15, -0.1) is 0 Å². The van der Waals surface area contributed by atoms with Crippen molar-refractivity contribution in [3.05, 3.63) is 47.7 Å².